The molecule has 24 heavy (non-hydrogen) atoms. The highest BCUT2D eigenvalue weighted by Crippen LogP contribution is 2.15. The van der Waals surface area contributed by atoms with Crippen molar-refractivity contribution in [2.45, 2.75) is 25.9 Å². The fourth-order valence-electron chi connectivity index (χ4n) is 2.29. The zero-order valence-electron chi connectivity index (χ0n) is 13.7. The molecule has 0 radical (unpaired) electrons. The second-order valence-electron chi connectivity index (χ2n) is 5.51. The first-order valence-corrected chi connectivity index (χ1v) is 7.97. The standard InChI is InChI=1S/C19H22N2O3/c1-2-14-7-6-10-16(11-14)21-19(24)13-20-18(23)12-17(22)15-8-4-3-5-9-15/h3-11,17,22H,2,12-13H2,1H3,(H,20,23)(H,21,24). The number of benzene rings is 2. The highest BCUT2D eigenvalue weighted by molar-refractivity contribution is 5.94. The van der Waals surface area contributed by atoms with Gasteiger partial charge in [0.15, 0.2) is 0 Å². The first-order valence-electron chi connectivity index (χ1n) is 7.97. The minimum atomic E-state index is -0.879. The first-order chi connectivity index (χ1) is 11.6. The maximum atomic E-state index is 11.9. The van der Waals surface area contributed by atoms with Crippen molar-refractivity contribution in [1.29, 1.82) is 0 Å². The maximum absolute atomic E-state index is 11.9. The highest BCUT2D eigenvalue weighted by Gasteiger charge is 2.13. The van der Waals surface area contributed by atoms with Crippen molar-refractivity contribution in [3.8, 4) is 0 Å². The third kappa shape index (κ3) is 5.52. The van der Waals surface area contributed by atoms with Crippen molar-refractivity contribution >= 4 is 17.5 Å². The molecule has 0 saturated carbocycles. The topological polar surface area (TPSA) is 78.4 Å². The van der Waals surface area contributed by atoms with Crippen molar-refractivity contribution in [2.24, 2.45) is 0 Å². The number of hydrogen-bond acceptors (Lipinski definition) is 3. The van der Waals surface area contributed by atoms with Crippen LogP contribution < -0.4 is 10.6 Å². The summed E-state index contributed by atoms with van der Waals surface area (Å²) in [5.74, 6) is -0.672. The van der Waals surface area contributed by atoms with Gasteiger partial charge in [-0.3, -0.25) is 9.59 Å². The molecule has 0 aliphatic heterocycles. The van der Waals surface area contributed by atoms with Crippen LogP contribution in [0.1, 0.15) is 30.6 Å². The summed E-state index contributed by atoms with van der Waals surface area (Å²) in [5.41, 5.74) is 2.51. The quantitative estimate of drug-likeness (QED) is 0.731. The molecule has 0 aromatic heterocycles. The van der Waals surface area contributed by atoms with Crippen LogP contribution in [-0.4, -0.2) is 23.5 Å². The van der Waals surface area contributed by atoms with E-state index in [2.05, 4.69) is 10.6 Å². The molecule has 0 saturated heterocycles. The van der Waals surface area contributed by atoms with Crippen LogP contribution in [0, 0.1) is 0 Å². The molecule has 0 spiro atoms. The number of aliphatic hydroxyl groups is 1. The molecule has 0 bridgehead atoms. The van der Waals surface area contributed by atoms with Gasteiger partial charge in [-0.25, -0.2) is 0 Å². The molecule has 0 aliphatic carbocycles. The van der Waals surface area contributed by atoms with E-state index in [9.17, 15) is 14.7 Å². The van der Waals surface area contributed by atoms with Crippen molar-refractivity contribution in [3.05, 3.63) is 65.7 Å². The summed E-state index contributed by atoms with van der Waals surface area (Å²) in [6.07, 6.45) is -0.0732. The minimum absolute atomic E-state index is 0.0807. The minimum Gasteiger partial charge on any atom is -0.388 e. The number of aryl methyl sites for hydroxylation is 1. The van der Waals surface area contributed by atoms with E-state index in [-0.39, 0.29) is 24.8 Å². The Hall–Kier alpha value is -2.66. The van der Waals surface area contributed by atoms with Crippen LogP contribution in [0.3, 0.4) is 0 Å². The Morgan fingerprint density at radius 2 is 1.79 bits per heavy atom. The largest absolute Gasteiger partial charge is 0.388 e. The van der Waals surface area contributed by atoms with Crippen LogP contribution in [0.5, 0.6) is 0 Å². The Kier molecular flexibility index (Phi) is 6.51. The lowest BCUT2D eigenvalue weighted by molar-refractivity contribution is -0.125. The molecule has 126 valence electrons. The predicted octanol–water partition coefficient (Wildman–Crippen LogP) is 2.43. The number of rotatable bonds is 7. The number of anilines is 1. The third-order valence-electron chi connectivity index (χ3n) is 3.63. The number of carbonyl (C=O) groups excluding carboxylic acids is 2. The average molecular weight is 326 g/mol. The molecule has 1 unspecified atom stereocenters. The molecule has 0 heterocycles. The summed E-state index contributed by atoms with van der Waals surface area (Å²) in [7, 11) is 0. The Labute approximate surface area is 141 Å². The molecule has 3 N–H and O–H groups in total. The van der Waals surface area contributed by atoms with Gasteiger partial charge in [0, 0.05) is 5.69 Å². The summed E-state index contributed by atoms with van der Waals surface area (Å²) in [6.45, 7) is 1.91. The van der Waals surface area contributed by atoms with Gasteiger partial charge in [-0.15, -0.1) is 0 Å². The van der Waals surface area contributed by atoms with Crippen LogP contribution in [0.2, 0.25) is 0 Å². The fraction of sp³-hybridized carbons (Fsp3) is 0.263. The molecule has 5 nitrogen and oxygen atoms in total. The van der Waals surface area contributed by atoms with E-state index in [1.165, 1.54) is 0 Å². The molecule has 5 heteroatoms. The average Bonchev–Trinajstić information content (AvgIpc) is 2.61. The summed E-state index contributed by atoms with van der Waals surface area (Å²) in [6, 6.07) is 16.5. The smallest absolute Gasteiger partial charge is 0.243 e. The van der Waals surface area contributed by atoms with Crippen molar-refractivity contribution in [2.75, 3.05) is 11.9 Å². The van der Waals surface area contributed by atoms with E-state index in [1.807, 2.05) is 31.2 Å². The lowest BCUT2D eigenvalue weighted by atomic mass is 10.1. The number of nitrogens with one attached hydrogen (secondary N) is 2. The molecule has 0 fully saturated rings. The van der Waals surface area contributed by atoms with E-state index < -0.39 is 6.10 Å². The van der Waals surface area contributed by atoms with Crippen molar-refractivity contribution in [3.63, 3.8) is 0 Å². The second-order valence-corrected chi connectivity index (χ2v) is 5.51. The van der Waals surface area contributed by atoms with Gasteiger partial charge < -0.3 is 15.7 Å². The van der Waals surface area contributed by atoms with Crippen LogP contribution in [0.25, 0.3) is 0 Å². The van der Waals surface area contributed by atoms with Gasteiger partial charge in [0.2, 0.25) is 11.8 Å². The van der Waals surface area contributed by atoms with Gasteiger partial charge in [0.1, 0.15) is 0 Å². The monoisotopic (exact) mass is 326 g/mol. The van der Waals surface area contributed by atoms with E-state index >= 15 is 0 Å². The molecule has 1 atom stereocenters. The second kappa shape index (κ2) is 8.84. The SMILES string of the molecule is CCc1cccc(NC(=O)CNC(=O)CC(O)c2ccccc2)c1. The number of aliphatic hydroxyl groups excluding tert-OH is 1. The Bertz CT molecular complexity index is 686. The van der Waals surface area contributed by atoms with Crippen molar-refractivity contribution in [1.82, 2.24) is 5.32 Å². The van der Waals surface area contributed by atoms with Crippen LogP contribution in [0.15, 0.2) is 54.6 Å². The first kappa shape index (κ1) is 17.7. The Balaban J connectivity index is 1.77. The zero-order valence-corrected chi connectivity index (χ0v) is 13.7. The number of amides is 2. The molecule has 2 rings (SSSR count). The van der Waals surface area contributed by atoms with Crippen LogP contribution >= 0.6 is 0 Å². The van der Waals surface area contributed by atoms with E-state index in [0.717, 1.165) is 12.0 Å². The summed E-state index contributed by atoms with van der Waals surface area (Å²) in [4.78, 5) is 23.7. The number of carbonyl (C=O) groups is 2. The molecular weight excluding hydrogens is 304 g/mol. The molecule has 0 aliphatic rings. The molecule has 2 aromatic rings. The van der Waals surface area contributed by atoms with Crippen LogP contribution in [-0.2, 0) is 16.0 Å². The lowest BCUT2D eigenvalue weighted by Gasteiger charge is -2.11. The molecule has 2 amide bonds. The zero-order chi connectivity index (χ0) is 17.4. The fourth-order valence-corrected chi connectivity index (χ4v) is 2.29. The van der Waals surface area contributed by atoms with Crippen LogP contribution in [0.4, 0.5) is 5.69 Å². The summed E-state index contributed by atoms with van der Waals surface area (Å²) < 4.78 is 0. The Morgan fingerprint density at radius 3 is 2.50 bits per heavy atom. The predicted molar refractivity (Wildman–Crippen MR) is 93.5 cm³/mol. The van der Waals surface area contributed by atoms with Gasteiger partial charge in [0.25, 0.3) is 0 Å². The highest BCUT2D eigenvalue weighted by atomic mass is 16.3. The van der Waals surface area contributed by atoms with E-state index in [0.29, 0.717) is 11.3 Å². The summed E-state index contributed by atoms with van der Waals surface area (Å²) in [5, 5.41) is 15.2. The molecule has 2 aromatic carbocycles. The maximum Gasteiger partial charge on any atom is 0.243 e. The van der Waals surface area contributed by atoms with Crippen molar-refractivity contribution < 1.29 is 14.7 Å². The summed E-state index contributed by atoms with van der Waals surface area (Å²) >= 11 is 0. The molecular formula is C19H22N2O3. The van der Waals surface area contributed by atoms with Gasteiger partial charge in [-0.2, -0.15) is 0 Å². The number of hydrogen-bond donors (Lipinski definition) is 3. The van der Waals surface area contributed by atoms with Gasteiger partial charge in [-0.05, 0) is 29.7 Å². The van der Waals surface area contributed by atoms with Gasteiger partial charge >= 0.3 is 0 Å². The van der Waals surface area contributed by atoms with E-state index in [1.54, 1.807) is 30.3 Å². The third-order valence-corrected chi connectivity index (χ3v) is 3.63. The lowest BCUT2D eigenvalue weighted by Crippen LogP contribution is -2.33. The van der Waals surface area contributed by atoms with E-state index in [4.69, 9.17) is 0 Å². The van der Waals surface area contributed by atoms with Gasteiger partial charge in [0.05, 0.1) is 19.1 Å². The Morgan fingerprint density at radius 1 is 1.04 bits per heavy atom. The normalized spacial score (nSPS) is 11.6. The van der Waals surface area contributed by atoms with Gasteiger partial charge in [-0.1, -0.05) is 49.4 Å².